The average Bonchev–Trinajstić information content (AvgIpc) is 1.51. The first-order valence-corrected chi connectivity index (χ1v) is 39.5. The van der Waals surface area contributed by atoms with Gasteiger partial charge in [-0.1, -0.05) is 73.5 Å². The maximum absolute atomic E-state index is 14.1. The quantitative estimate of drug-likeness (QED) is 0.0804. The van der Waals surface area contributed by atoms with Crippen molar-refractivity contribution in [3.05, 3.63) is 140 Å². The fraction of sp³-hybridized carbons (Fsp3) is 0.566. The highest BCUT2D eigenvalue weighted by molar-refractivity contribution is 7.91. The summed E-state index contributed by atoms with van der Waals surface area (Å²) in [6.07, 6.45) is 17.1. The van der Waals surface area contributed by atoms with Crippen LogP contribution in [0.1, 0.15) is 161 Å². The van der Waals surface area contributed by atoms with E-state index in [4.69, 9.17) is 56.4 Å². The number of amides is 2. The van der Waals surface area contributed by atoms with Gasteiger partial charge in [-0.3, -0.25) is 14.4 Å². The van der Waals surface area contributed by atoms with E-state index < -0.39 is 65.7 Å². The van der Waals surface area contributed by atoms with Gasteiger partial charge in [0.25, 0.3) is 11.8 Å². The third kappa shape index (κ3) is 16.7. The molecule has 4 heterocycles. The van der Waals surface area contributed by atoms with E-state index in [1.54, 1.807) is 65.0 Å². The summed E-state index contributed by atoms with van der Waals surface area (Å²) >= 11 is 12.9. The number of carbonyl (C=O) groups is 5. The number of anilines is 2. The summed E-state index contributed by atoms with van der Waals surface area (Å²) in [5, 5.41) is -0.342. The van der Waals surface area contributed by atoms with E-state index in [2.05, 4.69) is 37.4 Å². The van der Waals surface area contributed by atoms with Crippen molar-refractivity contribution >= 4 is 84.3 Å². The highest BCUT2D eigenvalue weighted by atomic mass is 35.5. The molecule has 0 unspecified atom stereocenters. The highest BCUT2D eigenvalue weighted by Gasteiger charge is 2.48. The standard InChI is InChI=1S/C40H51ClN2O9S.C36H45ClN2O7S/c1-5-49-37(44)19-29-18-36-34-20-32(29)39(46)42-53(47,48)26(4)25(3)9-7-11-35(51-22-38(45)50-6-2)31-14-12-28(31)21-43(34)23-40(24-52-36)16-8-10-27-17-30(41)13-15-33(27)40;1-4-44-34(40)20-45-32-9-5-7-23(2)24(3)47(42,43)38-35(41)26-11-15-33-31(18-26)39(19-27-10-13-29(27)32)21-36(22-46-33)16-6-8-25-17-28(37)12-14-30(25)36/h7,11,13,15,17-18,20,25-26,28,31,35H,5-6,8-10,12,14,16,19,21-24H2,1-4H3,(H,42,46);5,9,11-12,14-15,17-18,23-24,27,29,32H,4,6-8,10,13,16,19-22H2,1-3H3,(H,38,41)/b11-7+;9-5+/t25-,26+,28-,31+,35-,40-;23-,24+,27-,29+,32-,36-/m00/s1. The summed E-state index contributed by atoms with van der Waals surface area (Å²) in [6, 6.07) is 20.8. The second kappa shape index (κ2) is 31.9. The molecule has 0 radical (unpaired) electrons. The number of nitrogens with zero attached hydrogens (tertiary/aromatic N) is 2. The lowest BCUT2D eigenvalue weighted by Gasteiger charge is -2.46. The monoisotopic (exact) mass is 1450 g/mol. The zero-order chi connectivity index (χ0) is 71.3. The smallest absolute Gasteiger partial charge is 0.332 e. The lowest BCUT2D eigenvalue weighted by molar-refractivity contribution is -0.152. The molecule has 4 bridgehead atoms. The topological polar surface area (TPSA) is 249 Å². The fourth-order valence-electron chi connectivity index (χ4n) is 16.0. The molecule has 542 valence electrons. The number of ether oxygens (including phenoxy) is 7. The zero-order valence-electron chi connectivity index (χ0n) is 58.4. The van der Waals surface area contributed by atoms with Crippen molar-refractivity contribution in [2.24, 2.45) is 35.5 Å². The minimum atomic E-state index is -4.14. The van der Waals surface area contributed by atoms with Gasteiger partial charge in [0, 0.05) is 58.2 Å². The first-order valence-electron chi connectivity index (χ1n) is 35.6. The molecular formula is C76H96Cl2N4O16S2. The van der Waals surface area contributed by atoms with Crippen molar-refractivity contribution in [3.63, 3.8) is 0 Å². The number of benzene rings is 4. The summed E-state index contributed by atoms with van der Waals surface area (Å²) in [4.78, 5) is 69.7. The van der Waals surface area contributed by atoms with E-state index in [0.717, 1.165) is 74.9 Å². The van der Waals surface area contributed by atoms with Gasteiger partial charge >= 0.3 is 17.9 Å². The Labute approximate surface area is 599 Å². The minimum absolute atomic E-state index is 0.0772. The number of nitrogens with one attached hydrogen (secondary N) is 2. The summed E-state index contributed by atoms with van der Waals surface area (Å²) in [5.41, 5.74) is 6.21. The summed E-state index contributed by atoms with van der Waals surface area (Å²) in [6.45, 7) is 15.8. The van der Waals surface area contributed by atoms with E-state index in [-0.39, 0.29) is 104 Å². The molecule has 24 heteroatoms. The number of aryl methyl sites for hydroxylation is 2. The third-order valence-electron chi connectivity index (χ3n) is 22.3. The second-order valence-electron chi connectivity index (χ2n) is 28.7. The molecule has 4 aromatic rings. The minimum Gasteiger partial charge on any atom is -0.490 e. The molecule has 20 nitrogen and oxygen atoms in total. The predicted molar refractivity (Wildman–Crippen MR) is 383 cm³/mol. The Bertz CT molecular complexity index is 4000. The molecule has 2 saturated carbocycles. The second-order valence-corrected chi connectivity index (χ2v) is 33.6. The molecule has 2 spiro atoms. The van der Waals surface area contributed by atoms with Crippen molar-refractivity contribution in [1.82, 2.24) is 9.44 Å². The largest absolute Gasteiger partial charge is 0.490 e. The number of esters is 3. The fourth-order valence-corrected chi connectivity index (χ4v) is 19.0. The molecule has 12 rings (SSSR count). The summed E-state index contributed by atoms with van der Waals surface area (Å²) in [5.74, 6) is -1.63. The number of sulfonamides is 2. The number of fused-ring (bicyclic) bond motifs is 8. The lowest BCUT2D eigenvalue weighted by atomic mass is 9.68. The van der Waals surface area contributed by atoms with Gasteiger partial charge in [0.15, 0.2) is 0 Å². The van der Waals surface area contributed by atoms with Crippen molar-refractivity contribution in [1.29, 1.82) is 0 Å². The molecule has 2 N–H and O–H groups in total. The van der Waals surface area contributed by atoms with Gasteiger partial charge in [-0.25, -0.2) is 35.9 Å². The van der Waals surface area contributed by atoms with Crippen LogP contribution < -0.4 is 28.7 Å². The predicted octanol–water partition coefficient (Wildman–Crippen LogP) is 11.8. The number of rotatable bonds is 11. The van der Waals surface area contributed by atoms with Gasteiger partial charge < -0.3 is 43.0 Å². The molecular weight excluding hydrogens is 1360 g/mol. The van der Waals surface area contributed by atoms with Crippen molar-refractivity contribution in [2.75, 3.05) is 82.2 Å². The molecule has 4 aliphatic heterocycles. The molecule has 0 aromatic heterocycles. The lowest BCUT2D eigenvalue weighted by Crippen LogP contribution is -2.50. The molecule has 8 aliphatic rings. The van der Waals surface area contributed by atoms with E-state index in [1.165, 1.54) is 22.3 Å². The van der Waals surface area contributed by atoms with Crippen LogP contribution in [0.15, 0.2) is 91.0 Å². The van der Waals surface area contributed by atoms with Crippen LogP contribution in [0, 0.1) is 35.5 Å². The number of halogens is 2. The molecule has 4 aliphatic carbocycles. The van der Waals surface area contributed by atoms with E-state index in [9.17, 15) is 40.8 Å². The molecule has 2 fully saturated rings. The molecule has 4 aromatic carbocycles. The molecule has 100 heavy (non-hydrogen) atoms. The Balaban J connectivity index is 0.000000203. The molecule has 12 atom stereocenters. The van der Waals surface area contributed by atoms with Crippen LogP contribution in [0.2, 0.25) is 10.0 Å². The van der Waals surface area contributed by atoms with Crippen LogP contribution in [0.5, 0.6) is 11.5 Å². The molecule has 0 saturated heterocycles. The van der Waals surface area contributed by atoms with Gasteiger partial charge in [-0.2, -0.15) is 0 Å². The number of allylic oxidation sites excluding steroid dienone is 2. The van der Waals surface area contributed by atoms with Gasteiger partial charge in [0.1, 0.15) is 24.7 Å². The molecule has 2 amide bonds. The van der Waals surface area contributed by atoms with Gasteiger partial charge in [-0.05, 0) is 230 Å². The van der Waals surface area contributed by atoms with Gasteiger partial charge in [0.05, 0.1) is 73.5 Å². The van der Waals surface area contributed by atoms with E-state index in [1.807, 2.05) is 56.4 Å². The average molecular weight is 1460 g/mol. The van der Waals surface area contributed by atoms with Crippen molar-refractivity contribution < 1.29 is 74.0 Å². The van der Waals surface area contributed by atoms with Gasteiger partial charge in [0.2, 0.25) is 20.0 Å². The van der Waals surface area contributed by atoms with Crippen LogP contribution in [0.4, 0.5) is 11.4 Å². The zero-order valence-corrected chi connectivity index (χ0v) is 61.5. The van der Waals surface area contributed by atoms with Crippen molar-refractivity contribution in [3.8, 4) is 11.5 Å². The maximum Gasteiger partial charge on any atom is 0.332 e. The Morgan fingerprint density at radius 1 is 0.580 bits per heavy atom. The van der Waals surface area contributed by atoms with Crippen LogP contribution >= 0.6 is 23.2 Å². The third-order valence-corrected chi connectivity index (χ3v) is 26.6. The van der Waals surface area contributed by atoms with E-state index in [0.29, 0.717) is 80.0 Å². The van der Waals surface area contributed by atoms with Crippen LogP contribution in [-0.2, 0) is 88.2 Å². The SMILES string of the molecule is CCOC(=O)CO[C@H]1/C=C/C[C@H](C)[C@@H](C)S(=O)(=O)NC(=O)c2cc3c(cc2CC(=O)OCC)OC[C@]2(CCCc4cc(Cl)ccc42)CN3C[C@@H]2CC[C@H]21.CCOC(=O)CO[C@H]1/C=C/C[C@H](C)[C@@H](C)S(=O)(=O)NC(=O)c2ccc3c(c2)N(C[C@@H]2CC[C@H]21)C[C@@]1(CCCc2cc(Cl)ccc21)CO3. The first kappa shape index (κ1) is 74.5. The summed E-state index contributed by atoms with van der Waals surface area (Å²) in [7, 11) is -8.11. The highest BCUT2D eigenvalue weighted by Crippen LogP contribution is 2.50. The Morgan fingerprint density at radius 3 is 1.53 bits per heavy atom. The van der Waals surface area contributed by atoms with Gasteiger partial charge in [-0.15, -0.1) is 0 Å². The first-order chi connectivity index (χ1) is 47.8. The maximum atomic E-state index is 14.1. The van der Waals surface area contributed by atoms with Crippen LogP contribution in [0.3, 0.4) is 0 Å². The Morgan fingerprint density at radius 2 is 1.05 bits per heavy atom. The Hall–Kier alpha value is -6.69. The van der Waals surface area contributed by atoms with Crippen LogP contribution in [-0.4, -0.2) is 142 Å². The summed E-state index contributed by atoms with van der Waals surface area (Å²) < 4.78 is 100.0. The van der Waals surface area contributed by atoms with E-state index >= 15 is 0 Å². The number of carbonyl (C=O) groups excluding carboxylic acids is 5. The number of hydrogen-bond donors (Lipinski definition) is 2. The Kier molecular flexibility index (Phi) is 23.8. The van der Waals surface area contributed by atoms with Crippen molar-refractivity contribution in [2.45, 2.75) is 165 Å². The van der Waals surface area contributed by atoms with Crippen LogP contribution in [0.25, 0.3) is 0 Å². The number of hydrogen-bond acceptors (Lipinski definition) is 18. The normalized spacial score (nSPS) is 29.6.